The molecule has 3 heteroatoms. The highest BCUT2D eigenvalue weighted by Crippen LogP contribution is 2.24. The number of hydrogen-bond donors (Lipinski definition) is 1. The van der Waals surface area contributed by atoms with Gasteiger partial charge in [0.1, 0.15) is 0 Å². The SMILES string of the molecule is CNC(C)c1ccc(OC(C)C(C)C)c(F)c1. The van der Waals surface area contributed by atoms with Crippen molar-refractivity contribution in [3.8, 4) is 5.75 Å². The molecule has 1 N–H and O–H groups in total. The van der Waals surface area contributed by atoms with Gasteiger partial charge in [0.25, 0.3) is 0 Å². The van der Waals surface area contributed by atoms with Gasteiger partial charge in [0, 0.05) is 6.04 Å². The van der Waals surface area contributed by atoms with Crippen molar-refractivity contribution in [2.45, 2.75) is 39.8 Å². The van der Waals surface area contributed by atoms with Crippen molar-refractivity contribution in [3.63, 3.8) is 0 Å². The number of ether oxygens (including phenoxy) is 1. The fraction of sp³-hybridized carbons (Fsp3) is 0.571. The Bertz CT molecular complexity index is 365. The maximum Gasteiger partial charge on any atom is 0.165 e. The minimum atomic E-state index is -0.294. The van der Waals surface area contributed by atoms with Crippen molar-refractivity contribution >= 4 is 0 Å². The minimum absolute atomic E-state index is 0.0112. The Labute approximate surface area is 103 Å². The molecule has 0 heterocycles. The van der Waals surface area contributed by atoms with E-state index >= 15 is 0 Å². The molecule has 17 heavy (non-hydrogen) atoms. The van der Waals surface area contributed by atoms with E-state index in [1.54, 1.807) is 6.07 Å². The summed E-state index contributed by atoms with van der Waals surface area (Å²) in [6.45, 7) is 8.06. The van der Waals surface area contributed by atoms with Crippen LogP contribution >= 0.6 is 0 Å². The lowest BCUT2D eigenvalue weighted by atomic mass is 10.1. The highest BCUT2D eigenvalue weighted by atomic mass is 19.1. The van der Waals surface area contributed by atoms with Crippen molar-refractivity contribution in [1.82, 2.24) is 5.32 Å². The molecule has 0 saturated heterocycles. The minimum Gasteiger partial charge on any atom is -0.487 e. The van der Waals surface area contributed by atoms with Gasteiger partial charge in [0.05, 0.1) is 6.10 Å². The average Bonchev–Trinajstić information content (AvgIpc) is 2.30. The topological polar surface area (TPSA) is 21.3 Å². The van der Waals surface area contributed by atoms with Gasteiger partial charge in [0.15, 0.2) is 11.6 Å². The normalized spacial score (nSPS) is 14.8. The summed E-state index contributed by atoms with van der Waals surface area (Å²) in [4.78, 5) is 0. The smallest absolute Gasteiger partial charge is 0.165 e. The second kappa shape index (κ2) is 6.01. The molecule has 0 fully saturated rings. The van der Waals surface area contributed by atoms with Crippen molar-refractivity contribution in [1.29, 1.82) is 0 Å². The molecule has 1 aromatic rings. The summed E-state index contributed by atoms with van der Waals surface area (Å²) in [5, 5.41) is 3.08. The summed E-state index contributed by atoms with van der Waals surface area (Å²) >= 11 is 0. The van der Waals surface area contributed by atoms with Crippen LogP contribution in [0.4, 0.5) is 4.39 Å². The molecule has 1 rings (SSSR count). The van der Waals surface area contributed by atoms with Gasteiger partial charge in [-0.25, -0.2) is 4.39 Å². The zero-order valence-electron chi connectivity index (χ0n) is 11.3. The monoisotopic (exact) mass is 239 g/mol. The summed E-state index contributed by atoms with van der Waals surface area (Å²) in [5.74, 6) is 0.403. The molecule has 0 radical (unpaired) electrons. The van der Waals surface area contributed by atoms with E-state index in [1.165, 1.54) is 6.07 Å². The molecule has 1 aromatic carbocycles. The van der Waals surface area contributed by atoms with Crippen LogP contribution in [0.15, 0.2) is 18.2 Å². The fourth-order valence-corrected chi connectivity index (χ4v) is 1.39. The van der Waals surface area contributed by atoms with Crippen LogP contribution in [-0.2, 0) is 0 Å². The third-order valence-corrected chi connectivity index (χ3v) is 3.14. The lowest BCUT2D eigenvalue weighted by molar-refractivity contribution is 0.163. The van der Waals surface area contributed by atoms with E-state index in [0.29, 0.717) is 11.7 Å². The average molecular weight is 239 g/mol. The molecule has 0 bridgehead atoms. The molecule has 96 valence electrons. The van der Waals surface area contributed by atoms with Crippen LogP contribution in [0.25, 0.3) is 0 Å². The Morgan fingerprint density at radius 3 is 2.29 bits per heavy atom. The van der Waals surface area contributed by atoms with Gasteiger partial charge in [0.2, 0.25) is 0 Å². The molecule has 0 aliphatic rings. The molecule has 0 spiro atoms. The zero-order valence-corrected chi connectivity index (χ0v) is 11.3. The van der Waals surface area contributed by atoms with Crippen LogP contribution in [0.1, 0.15) is 39.3 Å². The third-order valence-electron chi connectivity index (χ3n) is 3.14. The van der Waals surface area contributed by atoms with E-state index in [9.17, 15) is 4.39 Å². The predicted molar refractivity (Wildman–Crippen MR) is 68.8 cm³/mol. The molecule has 0 aromatic heterocycles. The molecule has 0 aliphatic carbocycles. The number of hydrogen-bond acceptors (Lipinski definition) is 2. The van der Waals surface area contributed by atoms with Crippen LogP contribution in [0.5, 0.6) is 5.75 Å². The number of nitrogens with one attached hydrogen (secondary N) is 1. The summed E-state index contributed by atoms with van der Waals surface area (Å²) < 4.78 is 19.4. The van der Waals surface area contributed by atoms with E-state index in [0.717, 1.165) is 5.56 Å². The lowest BCUT2D eigenvalue weighted by Crippen LogP contribution is -2.19. The summed E-state index contributed by atoms with van der Waals surface area (Å²) in [6.07, 6.45) is 0.0112. The Hall–Kier alpha value is -1.09. The fourth-order valence-electron chi connectivity index (χ4n) is 1.39. The molecule has 0 amide bonds. The Morgan fingerprint density at radius 1 is 1.18 bits per heavy atom. The van der Waals surface area contributed by atoms with Crippen molar-refractivity contribution in [2.75, 3.05) is 7.05 Å². The van der Waals surface area contributed by atoms with E-state index in [4.69, 9.17) is 4.74 Å². The first kappa shape index (κ1) is 14.0. The van der Waals surface area contributed by atoms with Crippen LogP contribution < -0.4 is 10.1 Å². The van der Waals surface area contributed by atoms with Crippen LogP contribution in [-0.4, -0.2) is 13.2 Å². The molecular weight excluding hydrogens is 217 g/mol. The Morgan fingerprint density at radius 2 is 1.82 bits per heavy atom. The first-order valence-electron chi connectivity index (χ1n) is 6.09. The summed E-state index contributed by atoms with van der Waals surface area (Å²) in [7, 11) is 1.85. The van der Waals surface area contributed by atoms with Crippen molar-refractivity contribution in [2.24, 2.45) is 5.92 Å². The Balaban J connectivity index is 2.83. The zero-order chi connectivity index (χ0) is 13.0. The van der Waals surface area contributed by atoms with E-state index in [-0.39, 0.29) is 18.0 Å². The quantitative estimate of drug-likeness (QED) is 0.848. The second-order valence-corrected chi connectivity index (χ2v) is 4.77. The molecular formula is C14H22FNO. The molecule has 2 nitrogen and oxygen atoms in total. The van der Waals surface area contributed by atoms with Crippen LogP contribution in [0.3, 0.4) is 0 Å². The van der Waals surface area contributed by atoms with E-state index in [1.807, 2.05) is 27.0 Å². The van der Waals surface area contributed by atoms with Gasteiger partial charge in [-0.3, -0.25) is 0 Å². The van der Waals surface area contributed by atoms with Gasteiger partial charge in [-0.2, -0.15) is 0 Å². The van der Waals surface area contributed by atoms with Crippen LogP contribution in [0.2, 0.25) is 0 Å². The summed E-state index contributed by atoms with van der Waals surface area (Å²) in [5.41, 5.74) is 0.926. The van der Waals surface area contributed by atoms with E-state index in [2.05, 4.69) is 19.2 Å². The van der Waals surface area contributed by atoms with Crippen molar-refractivity contribution < 1.29 is 9.13 Å². The molecule has 2 atom stereocenters. The first-order chi connectivity index (χ1) is 7.95. The summed E-state index contributed by atoms with van der Waals surface area (Å²) in [6, 6.07) is 5.27. The van der Waals surface area contributed by atoms with Gasteiger partial charge < -0.3 is 10.1 Å². The van der Waals surface area contributed by atoms with Crippen LogP contribution in [0, 0.1) is 11.7 Å². The first-order valence-corrected chi connectivity index (χ1v) is 6.09. The highest BCUT2D eigenvalue weighted by molar-refractivity contribution is 5.31. The van der Waals surface area contributed by atoms with Gasteiger partial charge >= 0.3 is 0 Å². The lowest BCUT2D eigenvalue weighted by Gasteiger charge is -2.19. The number of rotatable bonds is 5. The van der Waals surface area contributed by atoms with Crippen molar-refractivity contribution in [3.05, 3.63) is 29.6 Å². The largest absolute Gasteiger partial charge is 0.487 e. The van der Waals surface area contributed by atoms with Gasteiger partial charge in [-0.15, -0.1) is 0 Å². The number of halogens is 1. The molecule has 0 aliphatic heterocycles. The Kier molecular flexibility index (Phi) is 4.94. The highest BCUT2D eigenvalue weighted by Gasteiger charge is 2.13. The standard InChI is InChI=1S/C14H22FNO/c1-9(2)11(4)17-14-7-6-12(8-13(14)15)10(3)16-5/h6-11,16H,1-5H3. The van der Waals surface area contributed by atoms with E-state index < -0.39 is 0 Å². The second-order valence-electron chi connectivity index (χ2n) is 4.77. The third kappa shape index (κ3) is 3.70. The number of benzene rings is 1. The van der Waals surface area contributed by atoms with Gasteiger partial charge in [-0.1, -0.05) is 19.9 Å². The maximum atomic E-state index is 13.8. The predicted octanol–water partition coefficient (Wildman–Crippen LogP) is 3.53. The molecule has 2 unspecified atom stereocenters. The molecule has 0 saturated carbocycles. The van der Waals surface area contributed by atoms with Gasteiger partial charge in [-0.05, 0) is 44.5 Å². The maximum absolute atomic E-state index is 13.8.